The minimum absolute atomic E-state index is 0.0475. The number of aliphatic carboxylic acids is 1. The molecule has 0 heterocycles. The van der Waals surface area contributed by atoms with Gasteiger partial charge in [-0.05, 0) is 24.7 Å². The minimum Gasteiger partial charge on any atom is -0.481 e. The van der Waals surface area contributed by atoms with Gasteiger partial charge in [-0.3, -0.25) is 4.79 Å². The third kappa shape index (κ3) is 2.44. The van der Waals surface area contributed by atoms with Crippen molar-refractivity contribution in [3.8, 4) is 0 Å². The van der Waals surface area contributed by atoms with Crippen LogP contribution in [0.2, 0.25) is 0 Å². The van der Waals surface area contributed by atoms with Gasteiger partial charge in [-0.15, -0.1) is 0 Å². The molecule has 0 aromatic rings. The van der Waals surface area contributed by atoms with Crippen molar-refractivity contribution in [2.45, 2.75) is 39.2 Å². The third-order valence-corrected chi connectivity index (χ3v) is 3.16. The van der Waals surface area contributed by atoms with Gasteiger partial charge in [0, 0.05) is 0 Å². The fourth-order valence-electron chi connectivity index (χ4n) is 2.14. The molecule has 3 heteroatoms. The Kier molecular flexibility index (Phi) is 3.31. The average molecular weight is 186 g/mol. The molecule has 13 heavy (non-hydrogen) atoms. The van der Waals surface area contributed by atoms with E-state index in [0.717, 1.165) is 19.3 Å². The van der Waals surface area contributed by atoms with Crippen LogP contribution in [0.5, 0.6) is 0 Å². The number of carbonyl (C=O) groups is 1. The highest BCUT2D eigenvalue weighted by Crippen LogP contribution is 2.33. The van der Waals surface area contributed by atoms with E-state index in [1.807, 2.05) is 0 Å². The van der Waals surface area contributed by atoms with Gasteiger partial charge in [-0.2, -0.15) is 0 Å². The standard InChI is InChI=1S/C10H18O3/c1-6-3-4-8(9(11)5-6)7(2)10(12)13/h6-9,11H,3-5H2,1-2H3,(H,12,13)/t6-,7-,8+,9-/m1/s1. The monoisotopic (exact) mass is 186 g/mol. The van der Waals surface area contributed by atoms with Crippen LogP contribution in [0.1, 0.15) is 33.1 Å². The van der Waals surface area contributed by atoms with Gasteiger partial charge < -0.3 is 10.2 Å². The maximum atomic E-state index is 10.7. The highest BCUT2D eigenvalue weighted by Gasteiger charge is 2.33. The SMILES string of the molecule is C[C@@H]1CC[C@@H]([C@@H](C)C(=O)O)[C@H](O)C1. The van der Waals surface area contributed by atoms with Gasteiger partial charge in [0.15, 0.2) is 0 Å². The molecule has 1 aliphatic carbocycles. The smallest absolute Gasteiger partial charge is 0.306 e. The van der Waals surface area contributed by atoms with Gasteiger partial charge in [0.05, 0.1) is 12.0 Å². The van der Waals surface area contributed by atoms with E-state index in [0.29, 0.717) is 5.92 Å². The zero-order chi connectivity index (χ0) is 10.0. The Hall–Kier alpha value is -0.570. The fraction of sp³-hybridized carbons (Fsp3) is 0.900. The number of rotatable bonds is 2. The molecule has 1 fully saturated rings. The fourth-order valence-corrected chi connectivity index (χ4v) is 2.14. The predicted octanol–water partition coefficient (Wildman–Crippen LogP) is 1.50. The lowest BCUT2D eigenvalue weighted by Crippen LogP contribution is -2.35. The lowest BCUT2D eigenvalue weighted by molar-refractivity contribution is -0.145. The quantitative estimate of drug-likeness (QED) is 0.687. The molecule has 0 aromatic heterocycles. The molecule has 1 saturated carbocycles. The summed E-state index contributed by atoms with van der Waals surface area (Å²) in [5.41, 5.74) is 0. The molecule has 4 atom stereocenters. The summed E-state index contributed by atoms with van der Waals surface area (Å²) in [7, 11) is 0. The van der Waals surface area contributed by atoms with Crippen molar-refractivity contribution < 1.29 is 15.0 Å². The highest BCUT2D eigenvalue weighted by molar-refractivity contribution is 5.69. The van der Waals surface area contributed by atoms with Gasteiger partial charge in [0.25, 0.3) is 0 Å². The summed E-state index contributed by atoms with van der Waals surface area (Å²) in [4.78, 5) is 10.7. The zero-order valence-corrected chi connectivity index (χ0v) is 8.23. The van der Waals surface area contributed by atoms with E-state index in [2.05, 4.69) is 6.92 Å². The highest BCUT2D eigenvalue weighted by atomic mass is 16.4. The Labute approximate surface area is 78.8 Å². The summed E-state index contributed by atoms with van der Waals surface area (Å²) in [5, 5.41) is 18.5. The molecular weight excluding hydrogens is 168 g/mol. The topological polar surface area (TPSA) is 57.5 Å². The maximum Gasteiger partial charge on any atom is 0.306 e. The van der Waals surface area contributed by atoms with Crippen LogP contribution < -0.4 is 0 Å². The van der Waals surface area contributed by atoms with Crippen LogP contribution >= 0.6 is 0 Å². The van der Waals surface area contributed by atoms with Crippen LogP contribution in [-0.2, 0) is 4.79 Å². The number of carboxylic acids is 1. The van der Waals surface area contributed by atoms with E-state index in [9.17, 15) is 9.90 Å². The normalized spacial score (nSPS) is 37.0. The van der Waals surface area contributed by atoms with E-state index in [4.69, 9.17) is 5.11 Å². The first-order valence-corrected chi connectivity index (χ1v) is 4.93. The summed E-state index contributed by atoms with van der Waals surface area (Å²) in [6.45, 7) is 3.79. The van der Waals surface area contributed by atoms with Crippen molar-refractivity contribution in [2.75, 3.05) is 0 Å². The third-order valence-electron chi connectivity index (χ3n) is 3.16. The number of hydrogen-bond acceptors (Lipinski definition) is 2. The lowest BCUT2D eigenvalue weighted by Gasteiger charge is -2.33. The van der Waals surface area contributed by atoms with Crippen LogP contribution in [0.4, 0.5) is 0 Å². The molecule has 0 spiro atoms. The number of aliphatic hydroxyl groups excluding tert-OH is 1. The van der Waals surface area contributed by atoms with Crippen LogP contribution in [0.3, 0.4) is 0 Å². The molecule has 0 radical (unpaired) electrons. The van der Waals surface area contributed by atoms with E-state index >= 15 is 0 Å². The van der Waals surface area contributed by atoms with Crippen LogP contribution in [0.25, 0.3) is 0 Å². The predicted molar refractivity (Wildman–Crippen MR) is 49.3 cm³/mol. The van der Waals surface area contributed by atoms with Gasteiger partial charge in [0.1, 0.15) is 0 Å². The molecule has 0 aromatic carbocycles. The van der Waals surface area contributed by atoms with Crippen molar-refractivity contribution in [3.05, 3.63) is 0 Å². The van der Waals surface area contributed by atoms with Crippen molar-refractivity contribution in [3.63, 3.8) is 0 Å². The number of carboxylic acid groups (broad SMARTS) is 1. The second-order valence-electron chi connectivity index (χ2n) is 4.28. The van der Waals surface area contributed by atoms with Crippen molar-refractivity contribution in [1.29, 1.82) is 0 Å². The average Bonchev–Trinajstić information content (AvgIpc) is 2.03. The molecule has 0 bridgehead atoms. The summed E-state index contributed by atoms with van der Waals surface area (Å²) >= 11 is 0. The molecular formula is C10H18O3. The molecule has 0 amide bonds. The molecule has 0 saturated heterocycles. The minimum atomic E-state index is -0.793. The van der Waals surface area contributed by atoms with E-state index < -0.39 is 18.0 Å². The maximum absolute atomic E-state index is 10.7. The van der Waals surface area contributed by atoms with E-state index in [1.54, 1.807) is 6.92 Å². The molecule has 0 aliphatic heterocycles. The Morgan fingerprint density at radius 1 is 1.46 bits per heavy atom. The van der Waals surface area contributed by atoms with Crippen LogP contribution in [0, 0.1) is 17.8 Å². The van der Waals surface area contributed by atoms with Crippen LogP contribution in [-0.4, -0.2) is 22.3 Å². The summed E-state index contributed by atoms with van der Waals surface area (Å²) < 4.78 is 0. The lowest BCUT2D eigenvalue weighted by atomic mass is 9.75. The molecule has 0 unspecified atom stereocenters. The van der Waals surface area contributed by atoms with Crippen molar-refractivity contribution >= 4 is 5.97 Å². The Morgan fingerprint density at radius 2 is 2.08 bits per heavy atom. The summed E-state index contributed by atoms with van der Waals surface area (Å²) in [6.07, 6.45) is 2.21. The molecule has 3 nitrogen and oxygen atoms in total. The zero-order valence-electron chi connectivity index (χ0n) is 8.23. The summed E-state index contributed by atoms with van der Waals surface area (Å²) in [5.74, 6) is -0.720. The first-order valence-electron chi connectivity index (χ1n) is 4.93. The second-order valence-corrected chi connectivity index (χ2v) is 4.28. The first-order chi connectivity index (χ1) is 6.02. The van der Waals surface area contributed by atoms with Gasteiger partial charge in [-0.1, -0.05) is 20.3 Å². The Bertz CT molecular complexity index is 191. The van der Waals surface area contributed by atoms with Gasteiger partial charge in [-0.25, -0.2) is 0 Å². The van der Waals surface area contributed by atoms with E-state index in [-0.39, 0.29) is 5.92 Å². The van der Waals surface area contributed by atoms with Crippen molar-refractivity contribution in [1.82, 2.24) is 0 Å². The largest absolute Gasteiger partial charge is 0.481 e. The van der Waals surface area contributed by atoms with Gasteiger partial charge >= 0.3 is 5.97 Å². The summed E-state index contributed by atoms with van der Waals surface area (Å²) in [6, 6.07) is 0. The Morgan fingerprint density at radius 3 is 2.54 bits per heavy atom. The van der Waals surface area contributed by atoms with E-state index in [1.165, 1.54) is 0 Å². The second kappa shape index (κ2) is 4.09. The molecule has 76 valence electrons. The number of aliphatic hydroxyl groups is 1. The molecule has 1 aliphatic rings. The van der Waals surface area contributed by atoms with Gasteiger partial charge in [0.2, 0.25) is 0 Å². The van der Waals surface area contributed by atoms with Crippen LogP contribution in [0.15, 0.2) is 0 Å². The Balaban J connectivity index is 2.55. The first kappa shape index (κ1) is 10.5. The molecule has 2 N–H and O–H groups in total. The molecule has 1 rings (SSSR count). The van der Waals surface area contributed by atoms with Crippen molar-refractivity contribution in [2.24, 2.45) is 17.8 Å². The number of hydrogen-bond donors (Lipinski definition) is 2.